The van der Waals surface area contributed by atoms with E-state index in [1.54, 1.807) is 23.1 Å². The maximum atomic E-state index is 12.7. The van der Waals surface area contributed by atoms with Crippen LogP contribution in [0.15, 0.2) is 42.9 Å². The molecule has 2 atom stereocenters. The van der Waals surface area contributed by atoms with Gasteiger partial charge < -0.3 is 16.0 Å². The minimum atomic E-state index is -0.127. The number of hydrogen-bond acceptors (Lipinski definition) is 6. The number of amides is 1. The molecule has 0 saturated carbocycles. The highest BCUT2D eigenvalue weighted by molar-refractivity contribution is 5.94. The summed E-state index contributed by atoms with van der Waals surface area (Å²) in [6.45, 7) is 4.99. The first-order valence-electron chi connectivity index (χ1n) is 10.8. The molecular weight excluding hydrogens is 390 g/mol. The molecule has 3 aromatic heterocycles. The topological polar surface area (TPSA) is 102 Å². The molecule has 3 N–H and O–H groups in total. The van der Waals surface area contributed by atoms with Crippen molar-refractivity contribution in [3.63, 3.8) is 0 Å². The van der Waals surface area contributed by atoms with Gasteiger partial charge in [0.1, 0.15) is 11.6 Å². The molecule has 1 amide bonds. The molecule has 3 aromatic rings. The number of hydrogen-bond donors (Lipinski definition) is 2. The van der Waals surface area contributed by atoms with Crippen molar-refractivity contribution < 1.29 is 4.79 Å². The van der Waals surface area contributed by atoms with Crippen LogP contribution in [0.2, 0.25) is 0 Å². The summed E-state index contributed by atoms with van der Waals surface area (Å²) in [5.74, 6) is 2.14. The zero-order valence-corrected chi connectivity index (χ0v) is 17.7. The Labute approximate surface area is 181 Å². The van der Waals surface area contributed by atoms with Crippen molar-refractivity contribution >= 4 is 17.5 Å². The van der Waals surface area contributed by atoms with E-state index in [1.165, 1.54) is 6.42 Å². The van der Waals surface area contributed by atoms with E-state index in [1.807, 2.05) is 12.3 Å². The number of carbonyl (C=O) groups is 1. The van der Waals surface area contributed by atoms with E-state index in [0.717, 1.165) is 54.5 Å². The summed E-state index contributed by atoms with van der Waals surface area (Å²) in [5, 5.41) is 7.46. The molecule has 1 fully saturated rings. The molecule has 2 aliphatic rings. The van der Waals surface area contributed by atoms with Crippen LogP contribution in [0.4, 0.5) is 11.6 Å². The predicted octanol–water partition coefficient (Wildman–Crippen LogP) is 2.57. The SMILES string of the molecule is CC1CCN(c2ccc(Cn3cc(C(=O)NC4CCc5nc(N)ccc54)cn3)cn2)C1. The monoisotopic (exact) mass is 417 g/mol. The van der Waals surface area contributed by atoms with E-state index in [9.17, 15) is 4.79 Å². The van der Waals surface area contributed by atoms with Crippen LogP contribution >= 0.6 is 0 Å². The first-order chi connectivity index (χ1) is 15.0. The summed E-state index contributed by atoms with van der Waals surface area (Å²) in [4.78, 5) is 24.1. The Balaban J connectivity index is 1.21. The van der Waals surface area contributed by atoms with E-state index < -0.39 is 0 Å². The highest BCUT2D eigenvalue weighted by Crippen LogP contribution is 2.30. The molecule has 5 rings (SSSR count). The molecule has 4 heterocycles. The third-order valence-electron chi connectivity index (χ3n) is 6.18. The van der Waals surface area contributed by atoms with Gasteiger partial charge in [0.25, 0.3) is 5.91 Å². The second kappa shape index (κ2) is 8.02. The predicted molar refractivity (Wildman–Crippen MR) is 119 cm³/mol. The molecule has 0 spiro atoms. The second-order valence-corrected chi connectivity index (χ2v) is 8.63. The van der Waals surface area contributed by atoms with E-state index in [-0.39, 0.29) is 11.9 Å². The number of pyridine rings is 2. The fourth-order valence-electron chi connectivity index (χ4n) is 4.47. The van der Waals surface area contributed by atoms with Gasteiger partial charge in [0.2, 0.25) is 0 Å². The zero-order chi connectivity index (χ0) is 21.4. The van der Waals surface area contributed by atoms with Crippen molar-refractivity contribution in [3.8, 4) is 0 Å². The van der Waals surface area contributed by atoms with E-state index >= 15 is 0 Å². The van der Waals surface area contributed by atoms with Gasteiger partial charge in [-0.25, -0.2) is 9.97 Å². The van der Waals surface area contributed by atoms with Gasteiger partial charge >= 0.3 is 0 Å². The van der Waals surface area contributed by atoms with Gasteiger partial charge in [-0.15, -0.1) is 0 Å². The number of nitrogens with one attached hydrogen (secondary N) is 1. The first kappa shape index (κ1) is 19.5. The van der Waals surface area contributed by atoms with Crippen molar-refractivity contribution in [1.29, 1.82) is 0 Å². The van der Waals surface area contributed by atoms with Gasteiger partial charge in [0.15, 0.2) is 0 Å². The number of carbonyl (C=O) groups excluding carboxylic acids is 1. The van der Waals surface area contributed by atoms with Crippen molar-refractivity contribution in [1.82, 2.24) is 25.1 Å². The van der Waals surface area contributed by atoms with E-state index in [2.05, 4.69) is 44.3 Å². The number of nitrogen functional groups attached to an aromatic ring is 1. The smallest absolute Gasteiger partial charge is 0.254 e. The summed E-state index contributed by atoms with van der Waals surface area (Å²) >= 11 is 0. The lowest BCUT2D eigenvalue weighted by atomic mass is 10.1. The number of fused-ring (bicyclic) bond motifs is 1. The number of aryl methyl sites for hydroxylation is 1. The van der Waals surface area contributed by atoms with Crippen LogP contribution in [0, 0.1) is 5.92 Å². The standard InChI is InChI=1S/C23H27N7O/c1-15-8-9-29(12-15)22-7-2-16(10-25-22)13-30-14-17(11-26-30)23(31)28-20-5-4-19-18(20)3-6-21(24)27-19/h2-3,6-7,10-11,14-15,20H,4-5,8-9,12-13H2,1H3,(H2,24,27)(H,28,31). The van der Waals surface area contributed by atoms with Gasteiger partial charge in [-0.1, -0.05) is 19.1 Å². The molecule has 0 aromatic carbocycles. The number of aromatic nitrogens is 4. The molecule has 8 nitrogen and oxygen atoms in total. The molecule has 0 bridgehead atoms. The summed E-state index contributed by atoms with van der Waals surface area (Å²) in [6, 6.07) is 7.86. The van der Waals surface area contributed by atoms with Crippen LogP contribution in [0.25, 0.3) is 0 Å². The maximum absolute atomic E-state index is 12.7. The van der Waals surface area contributed by atoms with Gasteiger partial charge in [-0.3, -0.25) is 9.48 Å². The third kappa shape index (κ3) is 4.10. The molecule has 0 radical (unpaired) electrons. The Morgan fingerprint density at radius 1 is 1.23 bits per heavy atom. The Bertz CT molecular complexity index is 1090. The van der Waals surface area contributed by atoms with Gasteiger partial charge in [0, 0.05) is 31.2 Å². The van der Waals surface area contributed by atoms with E-state index in [4.69, 9.17) is 5.73 Å². The lowest BCUT2D eigenvalue weighted by Crippen LogP contribution is -2.26. The summed E-state index contributed by atoms with van der Waals surface area (Å²) in [6.07, 6.45) is 8.16. The van der Waals surface area contributed by atoms with Crippen LogP contribution in [-0.2, 0) is 13.0 Å². The summed E-state index contributed by atoms with van der Waals surface area (Å²) in [7, 11) is 0. The Hall–Kier alpha value is -3.42. The minimum absolute atomic E-state index is 0.0380. The summed E-state index contributed by atoms with van der Waals surface area (Å²) < 4.78 is 1.77. The normalized spacial score (nSPS) is 20.1. The lowest BCUT2D eigenvalue weighted by Gasteiger charge is -2.17. The highest BCUT2D eigenvalue weighted by atomic mass is 16.1. The molecule has 160 valence electrons. The minimum Gasteiger partial charge on any atom is -0.384 e. The number of nitrogens with two attached hydrogens (primary N) is 1. The van der Waals surface area contributed by atoms with Gasteiger partial charge in [0.05, 0.1) is 24.3 Å². The summed E-state index contributed by atoms with van der Waals surface area (Å²) in [5.41, 5.74) is 9.39. The fraction of sp³-hybridized carbons (Fsp3) is 0.391. The number of rotatable bonds is 5. The van der Waals surface area contributed by atoms with E-state index in [0.29, 0.717) is 17.9 Å². The van der Waals surface area contributed by atoms with Crippen LogP contribution in [0.1, 0.15) is 53.0 Å². The molecule has 2 unspecified atom stereocenters. The van der Waals surface area contributed by atoms with Crippen LogP contribution in [0.5, 0.6) is 0 Å². The highest BCUT2D eigenvalue weighted by Gasteiger charge is 2.26. The molecule has 1 aliphatic carbocycles. The van der Waals surface area contributed by atoms with Crippen LogP contribution in [0.3, 0.4) is 0 Å². The van der Waals surface area contributed by atoms with Gasteiger partial charge in [-0.2, -0.15) is 5.10 Å². The average molecular weight is 418 g/mol. The van der Waals surface area contributed by atoms with Crippen molar-refractivity contribution in [2.75, 3.05) is 23.7 Å². The third-order valence-corrected chi connectivity index (χ3v) is 6.18. The Morgan fingerprint density at radius 2 is 2.13 bits per heavy atom. The largest absolute Gasteiger partial charge is 0.384 e. The maximum Gasteiger partial charge on any atom is 0.254 e. The lowest BCUT2D eigenvalue weighted by molar-refractivity contribution is 0.0936. The van der Waals surface area contributed by atoms with Crippen molar-refractivity contribution in [2.24, 2.45) is 5.92 Å². The molecule has 1 aliphatic heterocycles. The van der Waals surface area contributed by atoms with Crippen LogP contribution in [-0.4, -0.2) is 38.7 Å². The van der Waals surface area contributed by atoms with Crippen molar-refractivity contribution in [2.45, 2.75) is 38.8 Å². The molecule has 1 saturated heterocycles. The van der Waals surface area contributed by atoms with Gasteiger partial charge in [-0.05, 0) is 48.4 Å². The first-order valence-corrected chi connectivity index (χ1v) is 10.8. The number of nitrogens with zero attached hydrogens (tertiary/aromatic N) is 5. The quantitative estimate of drug-likeness (QED) is 0.662. The van der Waals surface area contributed by atoms with Crippen molar-refractivity contribution in [3.05, 3.63) is 65.2 Å². The Kier molecular flexibility index (Phi) is 5.05. The second-order valence-electron chi connectivity index (χ2n) is 8.63. The molecule has 8 heteroatoms. The zero-order valence-electron chi connectivity index (χ0n) is 17.7. The fourth-order valence-corrected chi connectivity index (χ4v) is 4.47. The Morgan fingerprint density at radius 3 is 2.90 bits per heavy atom. The molecular formula is C23H27N7O. The molecule has 31 heavy (non-hydrogen) atoms. The number of anilines is 2. The average Bonchev–Trinajstić information content (AvgIpc) is 3.49. The van der Waals surface area contributed by atoms with Crippen LogP contribution < -0.4 is 16.0 Å².